The number of rotatable bonds is 7. The molecule has 0 bridgehead atoms. The third-order valence-electron chi connectivity index (χ3n) is 5.50. The Hall–Kier alpha value is -2.13. The predicted octanol–water partition coefficient (Wildman–Crippen LogP) is 2.30. The molecule has 0 aliphatic carbocycles. The Morgan fingerprint density at radius 2 is 1.90 bits per heavy atom. The lowest BCUT2D eigenvalue weighted by Gasteiger charge is -2.27. The van der Waals surface area contributed by atoms with Crippen molar-refractivity contribution in [2.45, 2.75) is 19.5 Å². The minimum atomic E-state index is -0.257. The van der Waals surface area contributed by atoms with Gasteiger partial charge in [-0.2, -0.15) is 5.10 Å². The zero-order chi connectivity index (χ0) is 21.8. The molecule has 1 aromatic carbocycles. The number of nitrogens with one attached hydrogen (secondary N) is 1. The maximum atomic E-state index is 12.9. The molecule has 2 aliphatic heterocycles. The van der Waals surface area contributed by atoms with Gasteiger partial charge >= 0.3 is 0 Å². The molecular formula is C21H25Cl2N5O3. The van der Waals surface area contributed by atoms with Crippen LogP contribution < -0.4 is 5.32 Å². The van der Waals surface area contributed by atoms with E-state index in [0.29, 0.717) is 41.9 Å². The van der Waals surface area contributed by atoms with E-state index >= 15 is 0 Å². The van der Waals surface area contributed by atoms with E-state index in [1.54, 1.807) is 27.8 Å². The Balaban J connectivity index is 1.31. The summed E-state index contributed by atoms with van der Waals surface area (Å²) in [7, 11) is 0. The summed E-state index contributed by atoms with van der Waals surface area (Å²) in [5.41, 5.74) is 1.59. The molecule has 166 valence electrons. The molecule has 8 nitrogen and oxygen atoms in total. The molecule has 2 amide bonds. The quantitative estimate of drug-likeness (QED) is 0.634. The maximum absolute atomic E-state index is 12.9. The highest BCUT2D eigenvalue weighted by molar-refractivity contribution is 6.42. The number of amides is 2. The molecule has 1 aromatic heterocycles. The summed E-state index contributed by atoms with van der Waals surface area (Å²) in [5.74, 6) is -0.413. The van der Waals surface area contributed by atoms with Crippen LogP contribution in [0.3, 0.4) is 0 Å². The standard InChI is InChI=1S/C21H25Cl2N5O3/c22-16-3-2-15(12-17(16)23)14-27-6-7-28-19(21(27)30)13-18(25-28)20(29)24-4-1-5-26-8-10-31-11-9-26/h2-3,12-13H,1,4-11,14H2,(H,24,29). The normalized spacial score (nSPS) is 17.0. The molecule has 0 atom stereocenters. The molecule has 3 heterocycles. The number of aromatic nitrogens is 2. The number of ether oxygens (including phenoxy) is 1. The fraction of sp³-hybridized carbons (Fsp3) is 0.476. The Kier molecular flexibility index (Phi) is 7.12. The second-order valence-corrected chi connectivity index (χ2v) is 8.49. The number of halogens is 2. The number of hydrogen-bond acceptors (Lipinski definition) is 5. The lowest BCUT2D eigenvalue weighted by atomic mass is 10.2. The summed E-state index contributed by atoms with van der Waals surface area (Å²) in [6, 6.07) is 6.90. The third kappa shape index (κ3) is 5.38. The van der Waals surface area contributed by atoms with Gasteiger partial charge in [0, 0.05) is 38.8 Å². The molecule has 1 fully saturated rings. The minimum Gasteiger partial charge on any atom is -0.379 e. The van der Waals surface area contributed by atoms with Crippen LogP contribution in [0.5, 0.6) is 0 Å². The molecular weight excluding hydrogens is 441 g/mol. The van der Waals surface area contributed by atoms with E-state index in [1.807, 2.05) is 6.07 Å². The Labute approximate surface area is 191 Å². The highest BCUT2D eigenvalue weighted by atomic mass is 35.5. The van der Waals surface area contributed by atoms with Crippen molar-refractivity contribution in [3.8, 4) is 0 Å². The lowest BCUT2D eigenvalue weighted by molar-refractivity contribution is 0.0374. The Morgan fingerprint density at radius 1 is 1.10 bits per heavy atom. The predicted molar refractivity (Wildman–Crippen MR) is 118 cm³/mol. The zero-order valence-electron chi connectivity index (χ0n) is 17.1. The van der Waals surface area contributed by atoms with Crippen LogP contribution >= 0.6 is 23.2 Å². The summed E-state index contributed by atoms with van der Waals surface area (Å²) >= 11 is 12.0. The number of benzene rings is 1. The average molecular weight is 466 g/mol. The van der Waals surface area contributed by atoms with Crippen molar-refractivity contribution in [2.24, 2.45) is 0 Å². The van der Waals surface area contributed by atoms with Gasteiger partial charge in [-0.3, -0.25) is 19.2 Å². The lowest BCUT2D eigenvalue weighted by Crippen LogP contribution is -2.39. The molecule has 4 rings (SSSR count). The van der Waals surface area contributed by atoms with Crippen molar-refractivity contribution >= 4 is 35.0 Å². The smallest absolute Gasteiger partial charge is 0.272 e. The van der Waals surface area contributed by atoms with Gasteiger partial charge in [0.2, 0.25) is 0 Å². The largest absolute Gasteiger partial charge is 0.379 e. The van der Waals surface area contributed by atoms with Gasteiger partial charge in [0.05, 0.1) is 29.8 Å². The molecule has 1 saturated heterocycles. The fourth-order valence-corrected chi connectivity index (χ4v) is 4.10. The number of carbonyl (C=O) groups is 2. The first-order chi connectivity index (χ1) is 15.0. The Morgan fingerprint density at radius 3 is 2.68 bits per heavy atom. The van der Waals surface area contributed by atoms with Crippen LogP contribution in [0.15, 0.2) is 24.3 Å². The second-order valence-electron chi connectivity index (χ2n) is 7.68. The van der Waals surface area contributed by atoms with Crippen LogP contribution in [0.25, 0.3) is 0 Å². The minimum absolute atomic E-state index is 0.156. The van der Waals surface area contributed by atoms with Gasteiger partial charge < -0.3 is 15.0 Å². The van der Waals surface area contributed by atoms with Crippen LogP contribution in [0, 0.1) is 0 Å². The van der Waals surface area contributed by atoms with Crippen LogP contribution in [-0.4, -0.2) is 77.3 Å². The highest BCUT2D eigenvalue weighted by Crippen LogP contribution is 2.24. The molecule has 0 unspecified atom stereocenters. The first-order valence-corrected chi connectivity index (χ1v) is 11.2. The van der Waals surface area contributed by atoms with Gasteiger partial charge in [0.25, 0.3) is 11.8 Å². The van der Waals surface area contributed by atoms with Crippen molar-refractivity contribution in [3.05, 3.63) is 51.3 Å². The number of nitrogens with zero attached hydrogens (tertiary/aromatic N) is 4. The van der Waals surface area contributed by atoms with Gasteiger partial charge in [-0.25, -0.2) is 0 Å². The van der Waals surface area contributed by atoms with E-state index < -0.39 is 0 Å². The van der Waals surface area contributed by atoms with E-state index in [-0.39, 0.29) is 17.5 Å². The monoisotopic (exact) mass is 465 g/mol. The van der Waals surface area contributed by atoms with Crippen LogP contribution in [0.4, 0.5) is 0 Å². The van der Waals surface area contributed by atoms with Crippen LogP contribution in [0.1, 0.15) is 33.0 Å². The first-order valence-electron chi connectivity index (χ1n) is 10.4. The maximum Gasteiger partial charge on any atom is 0.272 e. The van der Waals surface area contributed by atoms with Crippen molar-refractivity contribution in [3.63, 3.8) is 0 Å². The fourth-order valence-electron chi connectivity index (χ4n) is 3.78. The number of hydrogen-bond donors (Lipinski definition) is 1. The molecule has 31 heavy (non-hydrogen) atoms. The summed E-state index contributed by atoms with van der Waals surface area (Å²) in [6.45, 7) is 6.35. The van der Waals surface area contributed by atoms with Crippen molar-refractivity contribution in [2.75, 3.05) is 45.9 Å². The van der Waals surface area contributed by atoms with E-state index in [9.17, 15) is 9.59 Å². The summed E-state index contributed by atoms with van der Waals surface area (Å²) in [4.78, 5) is 29.4. The van der Waals surface area contributed by atoms with Gasteiger partial charge in [0.1, 0.15) is 5.69 Å². The number of carbonyl (C=O) groups excluding carboxylic acids is 2. The molecule has 10 heteroatoms. The SMILES string of the molecule is O=C(NCCCN1CCOCC1)c1cc2n(n1)CCN(Cc1ccc(Cl)c(Cl)c1)C2=O. The van der Waals surface area contributed by atoms with Gasteiger partial charge in [-0.15, -0.1) is 0 Å². The van der Waals surface area contributed by atoms with E-state index in [2.05, 4.69) is 15.3 Å². The first kappa shape index (κ1) is 22.1. The van der Waals surface area contributed by atoms with E-state index in [1.165, 1.54) is 0 Å². The topological polar surface area (TPSA) is 79.7 Å². The van der Waals surface area contributed by atoms with Gasteiger partial charge in [-0.1, -0.05) is 29.3 Å². The van der Waals surface area contributed by atoms with Crippen LogP contribution in [-0.2, 0) is 17.8 Å². The second kappa shape index (κ2) is 9.99. The highest BCUT2D eigenvalue weighted by Gasteiger charge is 2.28. The zero-order valence-corrected chi connectivity index (χ0v) is 18.7. The number of fused-ring (bicyclic) bond motifs is 1. The van der Waals surface area contributed by atoms with Gasteiger partial charge in [0.15, 0.2) is 5.69 Å². The van der Waals surface area contributed by atoms with Gasteiger partial charge in [-0.05, 0) is 30.7 Å². The summed E-state index contributed by atoms with van der Waals surface area (Å²) < 4.78 is 6.94. The molecule has 2 aliphatic rings. The summed E-state index contributed by atoms with van der Waals surface area (Å²) in [6.07, 6.45) is 0.857. The van der Waals surface area contributed by atoms with Crippen molar-refractivity contribution < 1.29 is 14.3 Å². The van der Waals surface area contributed by atoms with E-state index in [0.717, 1.165) is 44.8 Å². The molecule has 2 aromatic rings. The van der Waals surface area contributed by atoms with Crippen LogP contribution in [0.2, 0.25) is 10.0 Å². The number of morpholine rings is 1. The van der Waals surface area contributed by atoms with Crippen molar-refractivity contribution in [1.82, 2.24) is 24.9 Å². The average Bonchev–Trinajstić information content (AvgIpc) is 3.22. The molecule has 0 saturated carbocycles. The third-order valence-corrected chi connectivity index (χ3v) is 6.24. The molecule has 0 radical (unpaired) electrons. The Bertz CT molecular complexity index is 958. The molecule has 0 spiro atoms. The van der Waals surface area contributed by atoms with Crippen molar-refractivity contribution in [1.29, 1.82) is 0 Å². The van der Waals surface area contributed by atoms with E-state index in [4.69, 9.17) is 27.9 Å². The molecule has 1 N–H and O–H groups in total. The summed E-state index contributed by atoms with van der Waals surface area (Å²) in [5, 5.41) is 8.17.